The number of ketones is 1. The molecular formula is C19H22Cl2INO2. The van der Waals surface area contributed by atoms with Crippen molar-refractivity contribution in [3.63, 3.8) is 0 Å². The molecule has 0 aliphatic heterocycles. The summed E-state index contributed by atoms with van der Waals surface area (Å²) in [6, 6.07) is 7.28. The van der Waals surface area contributed by atoms with Crippen LogP contribution in [0.25, 0.3) is 0 Å². The van der Waals surface area contributed by atoms with Crippen LogP contribution in [0.1, 0.15) is 61.5 Å². The van der Waals surface area contributed by atoms with E-state index in [9.17, 15) is 4.79 Å². The van der Waals surface area contributed by atoms with Gasteiger partial charge >= 0.3 is 0 Å². The number of rotatable bonds is 10. The van der Waals surface area contributed by atoms with Crippen LogP contribution in [-0.4, -0.2) is 17.4 Å². The molecule has 3 nitrogen and oxygen atoms in total. The highest BCUT2D eigenvalue weighted by Crippen LogP contribution is 2.32. The molecule has 0 aliphatic carbocycles. The van der Waals surface area contributed by atoms with Crippen molar-refractivity contribution < 1.29 is 9.53 Å². The molecule has 0 radical (unpaired) electrons. The molecule has 0 saturated carbocycles. The van der Waals surface area contributed by atoms with Crippen LogP contribution in [0, 0.1) is 3.57 Å². The fourth-order valence-corrected chi connectivity index (χ4v) is 3.70. The second-order valence-electron chi connectivity index (χ2n) is 5.88. The van der Waals surface area contributed by atoms with Gasteiger partial charge < -0.3 is 9.72 Å². The fraction of sp³-hybridized carbons (Fsp3) is 0.421. The number of benzene rings is 1. The van der Waals surface area contributed by atoms with Gasteiger partial charge in [0, 0.05) is 0 Å². The lowest BCUT2D eigenvalue weighted by molar-refractivity contribution is 0.103. The monoisotopic (exact) mass is 493 g/mol. The zero-order valence-corrected chi connectivity index (χ0v) is 17.9. The quantitative estimate of drug-likeness (QED) is 0.222. The van der Waals surface area contributed by atoms with Crippen molar-refractivity contribution in [2.75, 3.05) is 6.61 Å². The summed E-state index contributed by atoms with van der Waals surface area (Å²) < 4.78 is 6.49. The number of carbonyl (C=O) groups excluding carboxylic acids is 1. The molecule has 25 heavy (non-hydrogen) atoms. The Morgan fingerprint density at radius 1 is 1.12 bits per heavy atom. The number of aromatic amines is 1. The third kappa shape index (κ3) is 5.63. The number of hydrogen-bond acceptors (Lipinski definition) is 2. The molecule has 136 valence electrons. The maximum atomic E-state index is 12.8. The van der Waals surface area contributed by atoms with E-state index in [-0.39, 0.29) is 10.9 Å². The minimum Gasteiger partial charge on any atom is -0.493 e. The largest absolute Gasteiger partial charge is 0.493 e. The van der Waals surface area contributed by atoms with Gasteiger partial charge in [-0.05, 0) is 41.1 Å². The van der Waals surface area contributed by atoms with Crippen LogP contribution in [0.5, 0.6) is 5.75 Å². The summed E-state index contributed by atoms with van der Waals surface area (Å²) in [5.41, 5.74) is 0.909. The average molecular weight is 494 g/mol. The van der Waals surface area contributed by atoms with Gasteiger partial charge in [0.1, 0.15) is 16.6 Å². The van der Waals surface area contributed by atoms with Gasteiger partial charge in [-0.2, -0.15) is 0 Å². The Hall–Kier alpha value is -0.720. The normalized spacial score (nSPS) is 10.9. The van der Waals surface area contributed by atoms with Crippen LogP contribution in [0.4, 0.5) is 0 Å². The standard InChI is InChI=1S/C19H22Cl2INO2/c1-2-3-4-5-6-9-12-25-14-11-8-7-10-13(14)18(24)17-16(22)15(20)19(21)23-17/h7-8,10-11,23H,2-6,9,12H2,1H3. The highest BCUT2D eigenvalue weighted by atomic mass is 127. The zero-order valence-electron chi connectivity index (χ0n) is 14.2. The molecular weight excluding hydrogens is 472 g/mol. The van der Waals surface area contributed by atoms with Crippen molar-refractivity contribution in [3.8, 4) is 5.75 Å². The molecule has 0 fully saturated rings. The van der Waals surface area contributed by atoms with E-state index in [4.69, 9.17) is 27.9 Å². The predicted octanol–water partition coefficient (Wildman–Crippen LogP) is 6.90. The van der Waals surface area contributed by atoms with E-state index in [0.717, 1.165) is 12.8 Å². The van der Waals surface area contributed by atoms with Gasteiger partial charge in [-0.3, -0.25) is 4.79 Å². The number of nitrogens with one attached hydrogen (secondary N) is 1. The molecule has 0 aliphatic rings. The van der Waals surface area contributed by atoms with E-state index < -0.39 is 0 Å². The number of halogens is 3. The van der Waals surface area contributed by atoms with Crippen molar-refractivity contribution in [2.45, 2.75) is 45.4 Å². The number of ether oxygens (including phenoxy) is 1. The Labute approximate surface area is 172 Å². The van der Waals surface area contributed by atoms with Gasteiger partial charge in [0.15, 0.2) is 0 Å². The Bertz CT molecular complexity index is 715. The fourth-order valence-electron chi connectivity index (χ4n) is 2.56. The van der Waals surface area contributed by atoms with Crippen LogP contribution in [-0.2, 0) is 0 Å². The van der Waals surface area contributed by atoms with Crippen LogP contribution in [0.15, 0.2) is 24.3 Å². The van der Waals surface area contributed by atoms with Crippen LogP contribution >= 0.6 is 45.8 Å². The lowest BCUT2D eigenvalue weighted by Crippen LogP contribution is -2.08. The minimum atomic E-state index is -0.170. The van der Waals surface area contributed by atoms with Crippen molar-refractivity contribution in [1.82, 2.24) is 4.98 Å². The van der Waals surface area contributed by atoms with Crippen LogP contribution in [0.3, 0.4) is 0 Å². The Balaban J connectivity index is 2.00. The van der Waals surface area contributed by atoms with Crippen molar-refractivity contribution in [1.29, 1.82) is 0 Å². The molecule has 1 N–H and O–H groups in total. The van der Waals surface area contributed by atoms with Gasteiger partial charge in [0.05, 0.1) is 20.8 Å². The summed E-state index contributed by atoms with van der Waals surface area (Å²) in [6.45, 7) is 2.82. The second kappa shape index (κ2) is 10.4. The molecule has 2 aromatic rings. The van der Waals surface area contributed by atoms with Crippen molar-refractivity contribution in [2.24, 2.45) is 0 Å². The number of unbranched alkanes of at least 4 members (excludes halogenated alkanes) is 5. The van der Waals surface area contributed by atoms with E-state index >= 15 is 0 Å². The molecule has 1 aromatic carbocycles. The maximum absolute atomic E-state index is 12.8. The van der Waals surface area contributed by atoms with Gasteiger partial charge in [0.2, 0.25) is 5.78 Å². The summed E-state index contributed by atoms with van der Waals surface area (Å²) in [5.74, 6) is 0.426. The Kier molecular flexibility index (Phi) is 8.59. The van der Waals surface area contributed by atoms with E-state index in [1.54, 1.807) is 6.07 Å². The molecule has 1 aromatic heterocycles. The first kappa shape index (κ1) is 20.6. The summed E-state index contributed by atoms with van der Waals surface area (Å²) in [4.78, 5) is 15.7. The van der Waals surface area contributed by atoms with Crippen LogP contribution in [0.2, 0.25) is 10.2 Å². The minimum absolute atomic E-state index is 0.170. The number of aromatic nitrogens is 1. The summed E-state index contributed by atoms with van der Waals surface area (Å²) in [6.07, 6.45) is 7.18. The Morgan fingerprint density at radius 2 is 1.80 bits per heavy atom. The SMILES string of the molecule is CCCCCCCCOc1ccccc1C(=O)c1[nH]c(Cl)c(Cl)c1I. The van der Waals surface area contributed by atoms with Gasteiger partial charge in [-0.1, -0.05) is 74.4 Å². The van der Waals surface area contributed by atoms with E-state index in [1.807, 2.05) is 40.8 Å². The molecule has 0 bridgehead atoms. The highest BCUT2D eigenvalue weighted by molar-refractivity contribution is 14.1. The molecule has 0 amide bonds. The molecule has 6 heteroatoms. The van der Waals surface area contributed by atoms with Crippen molar-refractivity contribution >= 4 is 51.6 Å². The first-order chi connectivity index (χ1) is 12.1. The average Bonchev–Trinajstić information content (AvgIpc) is 2.88. The van der Waals surface area contributed by atoms with Crippen molar-refractivity contribution in [3.05, 3.63) is 49.3 Å². The first-order valence-electron chi connectivity index (χ1n) is 8.55. The molecule has 0 atom stereocenters. The molecule has 0 saturated heterocycles. The van der Waals surface area contributed by atoms with E-state index in [2.05, 4.69) is 11.9 Å². The third-order valence-electron chi connectivity index (χ3n) is 3.95. The lowest BCUT2D eigenvalue weighted by atomic mass is 10.1. The number of para-hydroxylation sites is 1. The maximum Gasteiger partial charge on any atom is 0.214 e. The number of H-pyrrole nitrogens is 1. The highest BCUT2D eigenvalue weighted by Gasteiger charge is 2.22. The topological polar surface area (TPSA) is 42.1 Å². The molecule has 1 heterocycles. The molecule has 2 rings (SSSR count). The Morgan fingerprint density at radius 3 is 2.48 bits per heavy atom. The molecule has 0 spiro atoms. The second-order valence-corrected chi connectivity index (χ2v) is 7.72. The smallest absolute Gasteiger partial charge is 0.214 e. The van der Waals surface area contributed by atoms with Crippen LogP contribution < -0.4 is 4.74 Å². The lowest BCUT2D eigenvalue weighted by Gasteiger charge is -2.10. The third-order valence-corrected chi connectivity index (χ3v) is 6.11. The number of hydrogen-bond donors (Lipinski definition) is 1. The van der Waals surface area contributed by atoms with Gasteiger partial charge in [0.25, 0.3) is 0 Å². The zero-order chi connectivity index (χ0) is 18.2. The number of carbonyl (C=O) groups is 1. The summed E-state index contributed by atoms with van der Waals surface area (Å²) >= 11 is 14.1. The van der Waals surface area contributed by atoms with E-state index in [1.165, 1.54) is 25.7 Å². The van der Waals surface area contributed by atoms with Gasteiger partial charge in [-0.15, -0.1) is 0 Å². The summed E-state index contributed by atoms with van der Waals surface area (Å²) in [5, 5.41) is 0.649. The summed E-state index contributed by atoms with van der Waals surface area (Å²) in [7, 11) is 0. The van der Waals surface area contributed by atoms with Gasteiger partial charge in [-0.25, -0.2) is 0 Å². The van der Waals surface area contributed by atoms with E-state index in [0.29, 0.717) is 32.2 Å². The predicted molar refractivity (Wildman–Crippen MR) is 112 cm³/mol. The molecule has 0 unspecified atom stereocenters. The first-order valence-corrected chi connectivity index (χ1v) is 10.4.